The van der Waals surface area contributed by atoms with Crippen molar-refractivity contribution in [2.24, 2.45) is 0 Å². The van der Waals surface area contributed by atoms with Crippen molar-refractivity contribution in [1.29, 1.82) is 0 Å². The van der Waals surface area contributed by atoms with Gasteiger partial charge < -0.3 is 5.32 Å². The highest BCUT2D eigenvalue weighted by Gasteiger charge is 2.11. The molecule has 0 radical (unpaired) electrons. The highest BCUT2D eigenvalue weighted by Crippen LogP contribution is 2.25. The Labute approximate surface area is 105 Å². The summed E-state index contributed by atoms with van der Waals surface area (Å²) in [6, 6.07) is 4.16. The van der Waals surface area contributed by atoms with Gasteiger partial charge in [-0.15, -0.1) is 0 Å². The van der Waals surface area contributed by atoms with Gasteiger partial charge >= 0.3 is 0 Å². The van der Waals surface area contributed by atoms with Gasteiger partial charge in [0.25, 0.3) is 0 Å². The molecule has 0 bridgehead atoms. The highest BCUT2D eigenvalue weighted by atomic mass is 35.5. The van der Waals surface area contributed by atoms with E-state index in [0.29, 0.717) is 0 Å². The van der Waals surface area contributed by atoms with Crippen molar-refractivity contribution >= 4 is 33.0 Å². The zero-order chi connectivity index (χ0) is 13.1. The maximum atomic E-state index is 11.3. The lowest BCUT2D eigenvalue weighted by atomic mass is 10.3. The zero-order valence-electron chi connectivity index (χ0n) is 9.40. The van der Waals surface area contributed by atoms with E-state index in [-0.39, 0.29) is 21.5 Å². The van der Waals surface area contributed by atoms with Gasteiger partial charge in [0.1, 0.15) is 0 Å². The van der Waals surface area contributed by atoms with Crippen molar-refractivity contribution in [3.63, 3.8) is 0 Å². The van der Waals surface area contributed by atoms with Crippen LogP contribution in [0.1, 0.15) is 6.92 Å². The van der Waals surface area contributed by atoms with Crippen molar-refractivity contribution in [3.8, 4) is 0 Å². The van der Waals surface area contributed by atoms with E-state index in [0.717, 1.165) is 6.26 Å². The van der Waals surface area contributed by atoms with Crippen molar-refractivity contribution in [3.05, 3.63) is 35.4 Å². The monoisotopic (exact) mass is 273 g/mol. The summed E-state index contributed by atoms with van der Waals surface area (Å²) in [6.07, 6.45) is 3.99. The van der Waals surface area contributed by atoms with Crippen LogP contribution in [-0.4, -0.2) is 20.6 Å². The third-order valence-electron chi connectivity index (χ3n) is 1.94. The van der Waals surface area contributed by atoms with Crippen molar-refractivity contribution in [2.75, 3.05) is 11.6 Å². The Balaban J connectivity index is 3.12. The Morgan fingerprint density at radius 3 is 2.59 bits per heavy atom. The number of hydrogen-bond acceptors (Lipinski definition) is 3. The first-order valence-corrected chi connectivity index (χ1v) is 7.05. The van der Waals surface area contributed by atoms with Gasteiger partial charge in [0.15, 0.2) is 9.84 Å². The molecule has 6 heteroatoms. The predicted octanol–water partition coefficient (Wildman–Crippen LogP) is 2.26. The second-order valence-electron chi connectivity index (χ2n) is 3.40. The van der Waals surface area contributed by atoms with Gasteiger partial charge in [0.05, 0.1) is 15.6 Å². The quantitative estimate of drug-likeness (QED) is 0.859. The van der Waals surface area contributed by atoms with Crippen LogP contribution in [0.15, 0.2) is 35.2 Å². The average molecular weight is 274 g/mol. The van der Waals surface area contributed by atoms with E-state index >= 15 is 0 Å². The molecule has 17 heavy (non-hydrogen) atoms. The number of benzene rings is 1. The first-order valence-electron chi connectivity index (χ1n) is 4.78. The van der Waals surface area contributed by atoms with Crippen molar-refractivity contribution in [2.45, 2.75) is 11.8 Å². The molecule has 0 heterocycles. The van der Waals surface area contributed by atoms with Crippen LogP contribution in [0.25, 0.3) is 0 Å². The van der Waals surface area contributed by atoms with E-state index in [1.807, 2.05) is 0 Å². The van der Waals surface area contributed by atoms with Gasteiger partial charge in [0, 0.05) is 6.26 Å². The molecule has 1 amide bonds. The third-order valence-corrected chi connectivity index (χ3v) is 3.38. The molecule has 0 aromatic heterocycles. The summed E-state index contributed by atoms with van der Waals surface area (Å²) in [6.45, 7) is 1.70. The fourth-order valence-electron chi connectivity index (χ4n) is 1.16. The lowest BCUT2D eigenvalue weighted by Crippen LogP contribution is -2.09. The molecule has 0 aliphatic heterocycles. The first kappa shape index (κ1) is 13.7. The van der Waals surface area contributed by atoms with Gasteiger partial charge in [-0.3, -0.25) is 4.79 Å². The summed E-state index contributed by atoms with van der Waals surface area (Å²) in [4.78, 5) is 11.4. The molecule has 0 aliphatic rings. The lowest BCUT2D eigenvalue weighted by Gasteiger charge is -2.07. The number of allylic oxidation sites excluding steroid dienone is 1. The van der Waals surface area contributed by atoms with Crippen LogP contribution in [0.4, 0.5) is 5.69 Å². The number of hydrogen-bond donors (Lipinski definition) is 1. The maximum absolute atomic E-state index is 11.3. The highest BCUT2D eigenvalue weighted by molar-refractivity contribution is 7.90. The molecule has 92 valence electrons. The van der Waals surface area contributed by atoms with Crippen LogP contribution in [0.3, 0.4) is 0 Å². The summed E-state index contributed by atoms with van der Waals surface area (Å²) in [5.74, 6) is -0.361. The van der Waals surface area contributed by atoms with Crippen molar-refractivity contribution in [1.82, 2.24) is 0 Å². The maximum Gasteiger partial charge on any atom is 0.248 e. The molecule has 0 fully saturated rings. The summed E-state index contributed by atoms with van der Waals surface area (Å²) in [5, 5.41) is 2.79. The molecule has 0 unspecified atom stereocenters. The van der Waals surface area contributed by atoms with Crippen LogP contribution in [0, 0.1) is 0 Å². The van der Waals surface area contributed by atoms with E-state index in [2.05, 4.69) is 5.32 Å². The molecule has 0 atom stereocenters. The van der Waals surface area contributed by atoms with Gasteiger partial charge in [-0.1, -0.05) is 17.7 Å². The second-order valence-corrected chi connectivity index (χ2v) is 5.83. The van der Waals surface area contributed by atoms with Crippen LogP contribution < -0.4 is 5.32 Å². The second kappa shape index (κ2) is 5.33. The normalized spacial score (nSPS) is 11.7. The predicted molar refractivity (Wildman–Crippen MR) is 68.0 cm³/mol. The number of nitrogens with one attached hydrogen (secondary N) is 1. The fourth-order valence-corrected chi connectivity index (χ4v) is 1.97. The molecule has 0 saturated heterocycles. The van der Waals surface area contributed by atoms with E-state index in [4.69, 9.17) is 11.6 Å². The van der Waals surface area contributed by atoms with Crippen LogP contribution in [0.2, 0.25) is 5.02 Å². The SMILES string of the molecule is CC=CC(=O)Nc1cc(S(C)(=O)=O)ccc1Cl. The number of carbonyl (C=O) groups excluding carboxylic acids is 1. The standard InChI is InChI=1S/C11H12ClNO3S/c1-3-4-11(14)13-10-7-8(17(2,15)16)5-6-9(10)12/h3-7H,1-2H3,(H,13,14). The summed E-state index contributed by atoms with van der Waals surface area (Å²) in [7, 11) is -3.32. The Hall–Kier alpha value is -1.33. The fraction of sp³-hybridized carbons (Fsp3) is 0.182. The Morgan fingerprint density at radius 1 is 1.41 bits per heavy atom. The van der Waals surface area contributed by atoms with E-state index in [9.17, 15) is 13.2 Å². The van der Waals surface area contributed by atoms with Gasteiger partial charge in [-0.2, -0.15) is 0 Å². The molecule has 1 N–H and O–H groups in total. The van der Waals surface area contributed by atoms with E-state index in [1.54, 1.807) is 13.0 Å². The number of anilines is 1. The number of halogens is 1. The number of sulfone groups is 1. The molecule has 0 saturated carbocycles. The van der Waals surface area contributed by atoms with Crippen LogP contribution in [0.5, 0.6) is 0 Å². The molecule has 4 nitrogen and oxygen atoms in total. The zero-order valence-corrected chi connectivity index (χ0v) is 11.0. The summed E-state index contributed by atoms with van der Waals surface area (Å²) < 4.78 is 22.7. The van der Waals surface area contributed by atoms with Crippen LogP contribution in [-0.2, 0) is 14.6 Å². The Bertz CT molecular complexity index is 564. The van der Waals surface area contributed by atoms with E-state index < -0.39 is 9.84 Å². The van der Waals surface area contributed by atoms with Gasteiger partial charge in [-0.05, 0) is 31.2 Å². The minimum absolute atomic E-state index is 0.109. The number of carbonyl (C=O) groups is 1. The minimum atomic E-state index is -3.32. The van der Waals surface area contributed by atoms with Gasteiger partial charge in [-0.25, -0.2) is 8.42 Å². The molecule has 1 aromatic carbocycles. The van der Waals surface area contributed by atoms with E-state index in [1.165, 1.54) is 24.3 Å². The molecule has 0 spiro atoms. The Morgan fingerprint density at radius 2 is 2.06 bits per heavy atom. The summed E-state index contributed by atoms with van der Waals surface area (Å²) >= 11 is 5.86. The molecular weight excluding hydrogens is 262 g/mol. The third kappa shape index (κ3) is 3.87. The minimum Gasteiger partial charge on any atom is -0.321 e. The topological polar surface area (TPSA) is 63.2 Å². The van der Waals surface area contributed by atoms with Crippen LogP contribution >= 0.6 is 11.6 Å². The molecule has 0 aliphatic carbocycles. The molecule has 1 aromatic rings. The largest absolute Gasteiger partial charge is 0.321 e. The molecular formula is C11H12ClNO3S. The number of rotatable bonds is 3. The summed E-state index contributed by atoms with van der Waals surface area (Å²) in [5.41, 5.74) is 0.276. The average Bonchev–Trinajstić information content (AvgIpc) is 2.20. The molecule has 1 rings (SSSR count). The van der Waals surface area contributed by atoms with Gasteiger partial charge in [0.2, 0.25) is 5.91 Å². The number of amides is 1. The van der Waals surface area contributed by atoms with Crippen molar-refractivity contribution < 1.29 is 13.2 Å². The smallest absolute Gasteiger partial charge is 0.248 e. The Kier molecular flexibility index (Phi) is 4.31. The first-order chi connectivity index (χ1) is 7.84. The lowest BCUT2D eigenvalue weighted by molar-refractivity contribution is -0.111.